The quantitative estimate of drug-likeness (QED) is 0.171. The summed E-state index contributed by atoms with van der Waals surface area (Å²) in [6.07, 6.45) is 13.9. The molecule has 0 saturated carbocycles. The van der Waals surface area contributed by atoms with Crippen molar-refractivity contribution < 1.29 is 4.74 Å². The molecule has 0 amide bonds. The minimum atomic E-state index is 0.247. The number of anilines is 4. The normalized spacial score (nSPS) is 13.2. The van der Waals surface area contributed by atoms with Crippen molar-refractivity contribution in [2.75, 3.05) is 22.9 Å². The van der Waals surface area contributed by atoms with Gasteiger partial charge in [-0.1, -0.05) is 52.4 Å². The van der Waals surface area contributed by atoms with Crippen LogP contribution in [0.3, 0.4) is 0 Å². The van der Waals surface area contributed by atoms with Crippen LogP contribution in [-0.4, -0.2) is 12.2 Å². The van der Waals surface area contributed by atoms with Crippen molar-refractivity contribution in [3.63, 3.8) is 0 Å². The summed E-state index contributed by atoms with van der Waals surface area (Å²) in [7, 11) is 0. The Kier molecular flexibility index (Phi) is 12.0. The summed E-state index contributed by atoms with van der Waals surface area (Å²) in [6, 6.07) is 11.7. The van der Waals surface area contributed by atoms with Crippen LogP contribution in [0.4, 0.5) is 22.7 Å². The minimum Gasteiger partial charge on any atom is -0.399 e. The van der Waals surface area contributed by atoms with Crippen molar-refractivity contribution in [3.8, 4) is 0 Å². The molecule has 0 radical (unpaired) electrons. The summed E-state index contributed by atoms with van der Waals surface area (Å²) in [4.78, 5) is 0. The fourth-order valence-corrected chi connectivity index (χ4v) is 4.51. The van der Waals surface area contributed by atoms with Gasteiger partial charge in [0.1, 0.15) is 0 Å². The fourth-order valence-electron chi connectivity index (χ4n) is 4.51. The van der Waals surface area contributed by atoms with E-state index in [-0.39, 0.29) is 12.2 Å². The summed E-state index contributed by atoms with van der Waals surface area (Å²) >= 11 is 0. The predicted octanol–water partition coefficient (Wildman–Crippen LogP) is 6.50. The first kappa shape index (κ1) is 26.8. The zero-order valence-corrected chi connectivity index (χ0v) is 20.8. The zero-order chi connectivity index (χ0) is 24.1. The van der Waals surface area contributed by atoms with Gasteiger partial charge in [0.15, 0.2) is 0 Å². The molecule has 5 heteroatoms. The molecule has 2 rings (SSSR count). The molecule has 0 spiro atoms. The maximum absolute atomic E-state index is 6.78. The van der Waals surface area contributed by atoms with Gasteiger partial charge in [0, 0.05) is 22.7 Å². The Morgan fingerprint density at radius 3 is 1.24 bits per heavy atom. The lowest BCUT2D eigenvalue weighted by atomic mass is 9.99. The minimum absolute atomic E-state index is 0.247. The van der Waals surface area contributed by atoms with Gasteiger partial charge in [-0.05, 0) is 86.1 Å². The summed E-state index contributed by atoms with van der Waals surface area (Å²) in [6.45, 7) is 4.49. The standard InChI is InChI=1S/C28H46N4O/c1-3-5-7-9-27(13-11-21-15-23(29)19-24(30)16-21)33-28(10-8-6-4-2)14-12-22-17-25(31)20-26(32)18-22/h15-20,27-28H,3-14,29-32H2,1-2H3. The third kappa shape index (κ3) is 10.8. The second-order valence-electron chi connectivity index (χ2n) is 9.46. The molecule has 184 valence electrons. The molecular weight excluding hydrogens is 408 g/mol. The van der Waals surface area contributed by atoms with Crippen LogP contribution in [0, 0.1) is 0 Å². The third-order valence-electron chi connectivity index (χ3n) is 6.23. The molecule has 0 aliphatic rings. The van der Waals surface area contributed by atoms with Gasteiger partial charge in [0.2, 0.25) is 0 Å². The number of rotatable bonds is 16. The van der Waals surface area contributed by atoms with Gasteiger partial charge in [-0.15, -0.1) is 0 Å². The van der Waals surface area contributed by atoms with E-state index in [0.717, 1.165) is 61.3 Å². The van der Waals surface area contributed by atoms with E-state index in [2.05, 4.69) is 13.8 Å². The lowest BCUT2D eigenvalue weighted by Gasteiger charge is -2.26. The SMILES string of the molecule is CCCCCC(CCc1cc(N)cc(N)c1)OC(CCCCC)CCc1cc(N)cc(N)c1. The van der Waals surface area contributed by atoms with Gasteiger partial charge in [0.25, 0.3) is 0 Å². The predicted molar refractivity (Wildman–Crippen MR) is 144 cm³/mol. The van der Waals surface area contributed by atoms with Crippen molar-refractivity contribution in [2.45, 2.75) is 103 Å². The van der Waals surface area contributed by atoms with Crippen molar-refractivity contribution in [1.29, 1.82) is 0 Å². The van der Waals surface area contributed by atoms with E-state index >= 15 is 0 Å². The number of hydrogen-bond donors (Lipinski definition) is 4. The van der Waals surface area contributed by atoms with Crippen molar-refractivity contribution in [2.24, 2.45) is 0 Å². The largest absolute Gasteiger partial charge is 0.399 e. The number of aryl methyl sites for hydroxylation is 2. The van der Waals surface area contributed by atoms with Gasteiger partial charge < -0.3 is 27.7 Å². The van der Waals surface area contributed by atoms with Crippen LogP contribution in [0.25, 0.3) is 0 Å². The van der Waals surface area contributed by atoms with Crippen molar-refractivity contribution in [3.05, 3.63) is 47.5 Å². The number of nitrogens with two attached hydrogens (primary N) is 4. The first-order chi connectivity index (χ1) is 15.9. The lowest BCUT2D eigenvalue weighted by Crippen LogP contribution is -2.24. The van der Waals surface area contributed by atoms with Crippen LogP contribution in [0.5, 0.6) is 0 Å². The summed E-state index contributed by atoms with van der Waals surface area (Å²) in [5.41, 5.74) is 29.3. The number of nitrogen functional groups attached to an aromatic ring is 4. The van der Waals surface area contributed by atoms with E-state index in [1.165, 1.54) is 49.7 Å². The van der Waals surface area contributed by atoms with Crippen molar-refractivity contribution in [1.82, 2.24) is 0 Å². The Morgan fingerprint density at radius 2 is 0.909 bits per heavy atom. The van der Waals surface area contributed by atoms with E-state index in [9.17, 15) is 0 Å². The van der Waals surface area contributed by atoms with Gasteiger partial charge in [-0.2, -0.15) is 0 Å². The molecule has 2 unspecified atom stereocenters. The molecule has 0 bridgehead atoms. The molecule has 0 fully saturated rings. The molecule has 0 saturated heterocycles. The molecular formula is C28H46N4O. The van der Waals surface area contributed by atoms with Crippen LogP contribution in [-0.2, 0) is 17.6 Å². The van der Waals surface area contributed by atoms with E-state index in [0.29, 0.717) is 0 Å². The summed E-state index contributed by atoms with van der Waals surface area (Å²) < 4.78 is 6.78. The molecule has 5 nitrogen and oxygen atoms in total. The highest BCUT2D eigenvalue weighted by molar-refractivity contribution is 5.55. The maximum atomic E-state index is 6.78. The molecule has 0 aromatic heterocycles. The number of benzene rings is 2. The van der Waals surface area contributed by atoms with Crippen LogP contribution < -0.4 is 22.9 Å². The second-order valence-corrected chi connectivity index (χ2v) is 9.46. The smallest absolute Gasteiger partial charge is 0.0582 e. The number of ether oxygens (including phenoxy) is 1. The van der Waals surface area contributed by atoms with E-state index < -0.39 is 0 Å². The highest BCUT2D eigenvalue weighted by Crippen LogP contribution is 2.24. The molecule has 8 N–H and O–H groups in total. The Bertz CT molecular complexity index is 716. The molecule has 2 aromatic carbocycles. The molecule has 2 atom stereocenters. The van der Waals surface area contributed by atoms with Crippen molar-refractivity contribution >= 4 is 22.7 Å². The average molecular weight is 455 g/mol. The maximum Gasteiger partial charge on any atom is 0.0582 e. The monoisotopic (exact) mass is 454 g/mol. The van der Waals surface area contributed by atoms with Gasteiger partial charge >= 0.3 is 0 Å². The van der Waals surface area contributed by atoms with Gasteiger partial charge in [-0.25, -0.2) is 0 Å². The number of hydrogen-bond acceptors (Lipinski definition) is 5. The molecule has 33 heavy (non-hydrogen) atoms. The Labute approximate surface area is 201 Å². The van der Waals surface area contributed by atoms with Gasteiger partial charge in [-0.3, -0.25) is 0 Å². The molecule has 0 heterocycles. The topological polar surface area (TPSA) is 113 Å². The second kappa shape index (κ2) is 14.7. The molecule has 0 aliphatic carbocycles. The van der Waals surface area contributed by atoms with Gasteiger partial charge in [0.05, 0.1) is 12.2 Å². The highest BCUT2D eigenvalue weighted by Gasteiger charge is 2.17. The fraction of sp³-hybridized carbons (Fsp3) is 0.571. The Hall–Kier alpha value is -2.40. The first-order valence-electron chi connectivity index (χ1n) is 12.8. The zero-order valence-electron chi connectivity index (χ0n) is 20.8. The van der Waals surface area contributed by atoms with Crippen LogP contribution in [0.2, 0.25) is 0 Å². The van der Waals surface area contributed by atoms with E-state index in [1.54, 1.807) is 0 Å². The Balaban J connectivity index is 2.03. The highest BCUT2D eigenvalue weighted by atomic mass is 16.5. The summed E-state index contributed by atoms with van der Waals surface area (Å²) in [5, 5.41) is 0. The van der Waals surface area contributed by atoms with Crippen LogP contribution in [0.15, 0.2) is 36.4 Å². The first-order valence-corrected chi connectivity index (χ1v) is 12.8. The molecule has 0 aliphatic heterocycles. The molecule has 2 aromatic rings. The Morgan fingerprint density at radius 1 is 0.545 bits per heavy atom. The van der Waals surface area contributed by atoms with Crippen LogP contribution in [0.1, 0.15) is 89.2 Å². The third-order valence-corrected chi connectivity index (χ3v) is 6.23. The summed E-state index contributed by atoms with van der Waals surface area (Å²) in [5.74, 6) is 0. The lowest BCUT2D eigenvalue weighted by molar-refractivity contribution is -0.0299. The van der Waals surface area contributed by atoms with E-state index in [1.807, 2.05) is 36.4 Å². The average Bonchev–Trinajstić information content (AvgIpc) is 2.74. The van der Waals surface area contributed by atoms with E-state index in [4.69, 9.17) is 27.7 Å². The number of unbranched alkanes of at least 4 members (excludes halogenated alkanes) is 4. The van der Waals surface area contributed by atoms with Crippen LogP contribution >= 0.6 is 0 Å².